The molecule has 1 saturated carbocycles. The number of likely N-dealkylation sites (tertiary alicyclic amines) is 1. The Hall–Kier alpha value is -2.00. The number of amides is 1. The van der Waals surface area contributed by atoms with Crippen molar-refractivity contribution in [2.45, 2.75) is 30.7 Å². The molecule has 22 heavy (non-hydrogen) atoms. The van der Waals surface area contributed by atoms with E-state index in [1.54, 1.807) is 0 Å². The number of hydrogen-bond acceptors (Lipinski definition) is 3. The molecule has 3 rings (SSSR count). The molecular weight excluding hydrogens is 288 g/mol. The van der Waals surface area contributed by atoms with Gasteiger partial charge in [-0.05, 0) is 44.5 Å². The first-order valence-electron chi connectivity index (χ1n) is 7.39. The maximum absolute atomic E-state index is 14.3. The normalized spacial score (nSPS) is 19.9. The predicted molar refractivity (Wildman–Crippen MR) is 76.2 cm³/mol. The van der Waals surface area contributed by atoms with Crippen molar-refractivity contribution >= 4 is 5.91 Å². The van der Waals surface area contributed by atoms with Crippen molar-refractivity contribution in [3.05, 3.63) is 35.4 Å². The van der Waals surface area contributed by atoms with Gasteiger partial charge in [-0.3, -0.25) is 4.79 Å². The van der Waals surface area contributed by atoms with Gasteiger partial charge in [-0.2, -0.15) is 14.0 Å². The van der Waals surface area contributed by atoms with Gasteiger partial charge >= 0.3 is 5.92 Å². The van der Waals surface area contributed by atoms with E-state index in [0.29, 0.717) is 6.54 Å². The molecule has 116 valence electrons. The second kappa shape index (κ2) is 5.33. The van der Waals surface area contributed by atoms with Gasteiger partial charge in [0.25, 0.3) is 5.91 Å². The highest BCUT2D eigenvalue weighted by Crippen LogP contribution is 2.39. The number of alkyl halides is 2. The molecule has 1 heterocycles. The quantitative estimate of drug-likeness (QED) is 0.905. The molecule has 1 aliphatic heterocycles. The average Bonchev–Trinajstić information content (AvgIpc) is 3.23. The molecule has 1 aromatic carbocycles. The van der Waals surface area contributed by atoms with Gasteiger partial charge in [0.15, 0.2) is 0 Å². The average molecular weight is 305 g/mol. The highest BCUT2D eigenvalue weighted by Gasteiger charge is 2.51. The lowest BCUT2D eigenvalue weighted by Gasteiger charge is -2.35. The summed E-state index contributed by atoms with van der Waals surface area (Å²) in [6, 6.07) is 6.72. The molecule has 0 radical (unpaired) electrons. The Balaban J connectivity index is 1.68. The molecule has 0 aromatic heterocycles. The molecule has 0 unspecified atom stereocenters. The summed E-state index contributed by atoms with van der Waals surface area (Å²) in [5.41, 5.74) is -0.576. The van der Waals surface area contributed by atoms with Gasteiger partial charge in [-0.25, -0.2) is 0 Å². The summed E-state index contributed by atoms with van der Waals surface area (Å²) in [7, 11) is 0. The molecule has 2 fully saturated rings. The minimum absolute atomic E-state index is 0.288. The summed E-state index contributed by atoms with van der Waals surface area (Å²) in [5.74, 6) is -4.84. The van der Waals surface area contributed by atoms with Crippen LogP contribution in [-0.4, -0.2) is 36.0 Å². The summed E-state index contributed by atoms with van der Waals surface area (Å²) in [5, 5.41) is 11.2. The molecule has 1 amide bonds. The lowest BCUT2D eigenvalue weighted by molar-refractivity contribution is -0.148. The van der Waals surface area contributed by atoms with Gasteiger partial charge in [0.05, 0.1) is 17.2 Å². The Kier molecular flexibility index (Phi) is 3.61. The van der Waals surface area contributed by atoms with Crippen molar-refractivity contribution in [2.24, 2.45) is 0 Å². The summed E-state index contributed by atoms with van der Waals surface area (Å²) >= 11 is 0. The van der Waals surface area contributed by atoms with Crippen LogP contribution in [0.4, 0.5) is 8.78 Å². The van der Waals surface area contributed by atoms with E-state index in [0.717, 1.165) is 44.5 Å². The van der Waals surface area contributed by atoms with Crippen molar-refractivity contribution in [3.8, 4) is 6.07 Å². The Morgan fingerprint density at radius 1 is 1.32 bits per heavy atom. The molecule has 1 aromatic rings. The van der Waals surface area contributed by atoms with E-state index in [2.05, 4.69) is 10.2 Å². The van der Waals surface area contributed by atoms with Crippen molar-refractivity contribution in [1.29, 1.82) is 5.26 Å². The fourth-order valence-corrected chi connectivity index (χ4v) is 2.65. The summed E-state index contributed by atoms with van der Waals surface area (Å²) in [6.45, 7) is 2.61. The Morgan fingerprint density at radius 2 is 1.95 bits per heavy atom. The number of carbonyl (C=O) groups is 1. The zero-order chi connectivity index (χ0) is 15.8. The number of nitrogens with one attached hydrogen (secondary N) is 1. The lowest BCUT2D eigenvalue weighted by atomic mass is 10.0. The smallest absolute Gasteiger partial charge is 0.344 e. The van der Waals surface area contributed by atoms with Crippen LogP contribution >= 0.6 is 0 Å². The molecule has 2 aliphatic rings. The predicted octanol–water partition coefficient (Wildman–Crippen LogP) is 2.00. The second-order valence-corrected chi connectivity index (χ2v) is 6.13. The van der Waals surface area contributed by atoms with Crippen LogP contribution in [0.5, 0.6) is 0 Å². The minimum Gasteiger partial charge on any atom is -0.344 e. The van der Waals surface area contributed by atoms with Gasteiger partial charge < -0.3 is 10.2 Å². The topological polar surface area (TPSA) is 56.1 Å². The summed E-state index contributed by atoms with van der Waals surface area (Å²) < 4.78 is 28.5. The Bertz CT molecular complexity index is 613. The first-order valence-corrected chi connectivity index (χ1v) is 7.39. The minimum atomic E-state index is -3.58. The van der Waals surface area contributed by atoms with Crippen LogP contribution in [0.2, 0.25) is 0 Å². The molecule has 1 saturated heterocycles. The maximum atomic E-state index is 14.3. The van der Waals surface area contributed by atoms with Crippen LogP contribution in [0.1, 0.15) is 30.4 Å². The third-order valence-electron chi connectivity index (χ3n) is 4.37. The van der Waals surface area contributed by atoms with E-state index in [1.807, 2.05) is 6.07 Å². The molecule has 6 heteroatoms. The van der Waals surface area contributed by atoms with Gasteiger partial charge in [-0.1, -0.05) is 12.1 Å². The van der Waals surface area contributed by atoms with Crippen LogP contribution in [0.15, 0.2) is 24.3 Å². The monoisotopic (exact) mass is 305 g/mol. The molecule has 0 spiro atoms. The first-order chi connectivity index (χ1) is 10.5. The van der Waals surface area contributed by atoms with Gasteiger partial charge in [0.2, 0.25) is 0 Å². The maximum Gasteiger partial charge on any atom is 0.349 e. The SMILES string of the molecule is N#Cc1ccc(C(F)(F)C(=O)NC2(CN3CCC3)CC2)cc1. The van der Waals surface area contributed by atoms with E-state index in [9.17, 15) is 13.6 Å². The van der Waals surface area contributed by atoms with Crippen molar-refractivity contribution in [2.75, 3.05) is 19.6 Å². The molecule has 4 nitrogen and oxygen atoms in total. The number of carbonyl (C=O) groups excluding carboxylic acids is 1. The number of halogens is 2. The summed E-state index contributed by atoms with van der Waals surface area (Å²) in [6.07, 6.45) is 2.63. The molecular formula is C16H17F2N3O. The van der Waals surface area contributed by atoms with Crippen LogP contribution in [0.3, 0.4) is 0 Å². The standard InChI is InChI=1S/C16H17F2N3O/c17-16(18,13-4-2-12(10-19)3-5-13)14(22)20-15(6-7-15)11-21-8-1-9-21/h2-5H,1,6-9,11H2,(H,20,22). The molecule has 0 atom stereocenters. The third kappa shape index (κ3) is 2.81. The first kappa shape index (κ1) is 14.9. The van der Waals surface area contributed by atoms with Crippen molar-refractivity contribution in [1.82, 2.24) is 10.2 Å². The Morgan fingerprint density at radius 3 is 2.41 bits per heavy atom. The number of nitriles is 1. The lowest BCUT2D eigenvalue weighted by Crippen LogP contribution is -2.53. The van der Waals surface area contributed by atoms with E-state index < -0.39 is 17.4 Å². The van der Waals surface area contributed by atoms with Crippen LogP contribution in [-0.2, 0) is 10.7 Å². The number of rotatable bonds is 5. The van der Waals surface area contributed by atoms with E-state index in [-0.39, 0.29) is 11.1 Å². The Labute approximate surface area is 127 Å². The van der Waals surface area contributed by atoms with E-state index in [1.165, 1.54) is 12.1 Å². The van der Waals surface area contributed by atoms with Crippen molar-refractivity contribution in [3.63, 3.8) is 0 Å². The number of nitrogens with zero attached hydrogens (tertiary/aromatic N) is 2. The second-order valence-electron chi connectivity index (χ2n) is 6.13. The fraction of sp³-hybridized carbons (Fsp3) is 0.500. The van der Waals surface area contributed by atoms with Crippen molar-refractivity contribution < 1.29 is 13.6 Å². The zero-order valence-electron chi connectivity index (χ0n) is 12.1. The van der Waals surface area contributed by atoms with Crippen LogP contribution in [0.25, 0.3) is 0 Å². The zero-order valence-corrected chi connectivity index (χ0v) is 12.1. The van der Waals surface area contributed by atoms with E-state index in [4.69, 9.17) is 5.26 Å². The van der Waals surface area contributed by atoms with Crippen LogP contribution < -0.4 is 5.32 Å². The van der Waals surface area contributed by atoms with Gasteiger partial charge in [0.1, 0.15) is 0 Å². The third-order valence-corrected chi connectivity index (χ3v) is 4.37. The highest BCUT2D eigenvalue weighted by atomic mass is 19.3. The van der Waals surface area contributed by atoms with Gasteiger partial charge in [-0.15, -0.1) is 0 Å². The number of hydrogen-bond donors (Lipinski definition) is 1. The molecule has 0 bridgehead atoms. The van der Waals surface area contributed by atoms with Crippen LogP contribution in [0, 0.1) is 11.3 Å². The highest BCUT2D eigenvalue weighted by molar-refractivity contribution is 5.85. The summed E-state index contributed by atoms with van der Waals surface area (Å²) in [4.78, 5) is 14.2. The molecule has 1 aliphatic carbocycles. The fourth-order valence-electron chi connectivity index (χ4n) is 2.65. The number of benzene rings is 1. The molecule has 1 N–H and O–H groups in total. The van der Waals surface area contributed by atoms with Gasteiger partial charge in [0, 0.05) is 12.1 Å². The largest absolute Gasteiger partial charge is 0.349 e. The van der Waals surface area contributed by atoms with E-state index >= 15 is 0 Å².